The predicted octanol–water partition coefficient (Wildman–Crippen LogP) is 25.5. The van der Waals surface area contributed by atoms with Crippen LogP contribution in [0.1, 0.15) is 446 Å². The molecule has 0 rings (SSSR count). The van der Waals surface area contributed by atoms with Crippen molar-refractivity contribution in [3.63, 3.8) is 0 Å². The Morgan fingerprint density at radius 3 is 0.660 bits per heavy atom. The molecule has 0 saturated heterocycles. The zero-order chi connectivity index (χ0) is 75.6. The SMILES string of the molecule is CCCCCCCCCCCCCCCCCCCCC(=O)OC[C@H](COP(=O)(O)OC[C@@H](O)COP(=O)(O)OC[C@@H](COC(=O)CCCCCCCCCCCCCCC)OC(=O)CCCCCCCCCCCCC(C)C)OC(=O)CCCCCCCCCCCCCCCCCCC(C)C. The van der Waals surface area contributed by atoms with Crippen LogP contribution in [-0.4, -0.2) is 96.7 Å². The molecule has 0 aromatic heterocycles. The third-order valence-electron chi connectivity index (χ3n) is 19.7. The van der Waals surface area contributed by atoms with Gasteiger partial charge in [0, 0.05) is 25.7 Å². The molecule has 19 heteroatoms. The molecule has 17 nitrogen and oxygen atoms in total. The number of ether oxygens (including phenoxy) is 4. The Labute approximate surface area is 632 Å². The van der Waals surface area contributed by atoms with Crippen LogP contribution in [0.4, 0.5) is 0 Å². The second kappa shape index (κ2) is 75.5. The normalized spacial score (nSPS) is 13.9. The summed E-state index contributed by atoms with van der Waals surface area (Å²) in [5, 5.41) is 10.7. The first-order valence-corrected chi connectivity index (χ1v) is 46.5. The summed E-state index contributed by atoms with van der Waals surface area (Å²) >= 11 is 0. The van der Waals surface area contributed by atoms with Crippen LogP contribution in [0.15, 0.2) is 0 Å². The molecule has 0 aliphatic heterocycles. The van der Waals surface area contributed by atoms with Crippen LogP contribution in [0, 0.1) is 11.8 Å². The molecule has 0 heterocycles. The molecular formula is C84H164O17P2. The summed E-state index contributed by atoms with van der Waals surface area (Å²) in [5.41, 5.74) is 0. The molecule has 612 valence electrons. The van der Waals surface area contributed by atoms with Gasteiger partial charge in [0.2, 0.25) is 0 Å². The van der Waals surface area contributed by atoms with Gasteiger partial charge in [-0.15, -0.1) is 0 Å². The average Bonchev–Trinajstić information content (AvgIpc) is 0.918. The number of phosphoric acid groups is 2. The lowest BCUT2D eigenvalue weighted by Crippen LogP contribution is -2.30. The summed E-state index contributed by atoms with van der Waals surface area (Å²) in [6.45, 7) is 9.68. The van der Waals surface area contributed by atoms with Crippen molar-refractivity contribution < 1.29 is 80.2 Å². The maximum atomic E-state index is 13.1. The van der Waals surface area contributed by atoms with Gasteiger partial charge >= 0.3 is 39.5 Å². The highest BCUT2D eigenvalue weighted by Gasteiger charge is 2.30. The fourth-order valence-corrected chi connectivity index (χ4v) is 14.6. The van der Waals surface area contributed by atoms with Gasteiger partial charge < -0.3 is 33.8 Å². The van der Waals surface area contributed by atoms with Gasteiger partial charge in [-0.3, -0.25) is 37.3 Å². The van der Waals surface area contributed by atoms with Crippen LogP contribution in [0.3, 0.4) is 0 Å². The zero-order valence-electron chi connectivity index (χ0n) is 67.6. The minimum absolute atomic E-state index is 0.107. The lowest BCUT2D eigenvalue weighted by Gasteiger charge is -2.21. The number of aliphatic hydroxyl groups is 1. The summed E-state index contributed by atoms with van der Waals surface area (Å²) in [4.78, 5) is 73.2. The third-order valence-corrected chi connectivity index (χ3v) is 21.6. The summed E-state index contributed by atoms with van der Waals surface area (Å²) in [6, 6.07) is 0. The summed E-state index contributed by atoms with van der Waals surface area (Å²) in [6.07, 6.45) is 66.5. The van der Waals surface area contributed by atoms with Crippen LogP contribution >= 0.6 is 15.6 Å². The van der Waals surface area contributed by atoms with Crippen LogP contribution in [0.5, 0.6) is 0 Å². The van der Waals surface area contributed by atoms with E-state index in [9.17, 15) is 43.2 Å². The first-order chi connectivity index (χ1) is 49.9. The Hall–Kier alpha value is -1.94. The lowest BCUT2D eigenvalue weighted by molar-refractivity contribution is -0.161. The van der Waals surface area contributed by atoms with E-state index in [2.05, 4.69) is 41.5 Å². The number of carbonyl (C=O) groups excluding carboxylic acids is 4. The van der Waals surface area contributed by atoms with E-state index in [1.165, 1.54) is 263 Å². The van der Waals surface area contributed by atoms with Crippen molar-refractivity contribution in [3.8, 4) is 0 Å². The fourth-order valence-electron chi connectivity index (χ4n) is 13.1. The fraction of sp³-hybridized carbons (Fsp3) is 0.952. The molecule has 0 aliphatic carbocycles. The first kappa shape index (κ1) is 101. The van der Waals surface area contributed by atoms with Crippen LogP contribution in [0.2, 0.25) is 0 Å². The highest BCUT2D eigenvalue weighted by molar-refractivity contribution is 7.47. The van der Waals surface area contributed by atoms with Gasteiger partial charge in [-0.2, -0.15) is 0 Å². The molecule has 0 aliphatic rings. The lowest BCUT2D eigenvalue weighted by atomic mass is 10.0. The van der Waals surface area contributed by atoms with Gasteiger partial charge in [-0.25, -0.2) is 9.13 Å². The highest BCUT2D eigenvalue weighted by Crippen LogP contribution is 2.45. The number of esters is 4. The van der Waals surface area contributed by atoms with Crippen molar-refractivity contribution in [2.75, 3.05) is 39.6 Å². The van der Waals surface area contributed by atoms with Crippen LogP contribution < -0.4 is 0 Å². The standard InChI is InChI=1S/C84H164O17P2/c1-7-9-11-13-15-17-19-21-22-23-24-28-32-36-43-49-55-61-67-82(87)95-72-79(100-83(88)68-62-56-50-44-37-33-29-26-25-27-31-34-40-46-52-58-64-76(3)4)74-98-102(90,91)96-70-78(85)71-97-103(92,93)99-75-80(101-84(89)69-63-57-51-45-39-38-41-47-53-59-65-77(5)6)73-94-81(86)66-60-54-48-42-35-30-20-18-16-14-12-10-8-2/h76-80,85H,7-75H2,1-6H3,(H,90,91)(H,92,93)/t78-,79-,80-/m1/s1. The van der Waals surface area contributed by atoms with Crippen molar-refractivity contribution in [1.29, 1.82) is 0 Å². The second-order valence-electron chi connectivity index (χ2n) is 31.2. The van der Waals surface area contributed by atoms with Gasteiger partial charge in [-0.05, 0) is 37.5 Å². The van der Waals surface area contributed by atoms with E-state index in [0.717, 1.165) is 102 Å². The summed E-state index contributed by atoms with van der Waals surface area (Å²) in [5.74, 6) is -0.542. The summed E-state index contributed by atoms with van der Waals surface area (Å²) in [7, 11) is -9.93. The Bertz CT molecular complexity index is 1980. The van der Waals surface area contributed by atoms with E-state index in [0.29, 0.717) is 25.7 Å². The van der Waals surface area contributed by atoms with Crippen molar-refractivity contribution in [3.05, 3.63) is 0 Å². The molecule has 2 unspecified atom stereocenters. The molecule has 5 atom stereocenters. The number of rotatable bonds is 83. The molecule has 0 saturated carbocycles. The molecule has 0 aromatic carbocycles. The quantitative estimate of drug-likeness (QED) is 0.0222. The number of aliphatic hydroxyl groups excluding tert-OH is 1. The van der Waals surface area contributed by atoms with Crippen molar-refractivity contribution in [2.24, 2.45) is 11.8 Å². The van der Waals surface area contributed by atoms with E-state index in [1.807, 2.05) is 0 Å². The van der Waals surface area contributed by atoms with Gasteiger partial charge in [0.05, 0.1) is 26.4 Å². The molecule has 103 heavy (non-hydrogen) atoms. The number of unbranched alkanes of at least 4 members (excludes halogenated alkanes) is 53. The van der Waals surface area contributed by atoms with Gasteiger partial charge in [0.25, 0.3) is 0 Å². The van der Waals surface area contributed by atoms with E-state index >= 15 is 0 Å². The topological polar surface area (TPSA) is 237 Å². The van der Waals surface area contributed by atoms with Crippen LogP contribution in [0.25, 0.3) is 0 Å². The molecule has 3 N–H and O–H groups in total. The monoisotopic (exact) mass is 1510 g/mol. The van der Waals surface area contributed by atoms with E-state index in [4.69, 9.17) is 37.0 Å². The Balaban J connectivity index is 5.25. The Morgan fingerprint density at radius 1 is 0.262 bits per heavy atom. The maximum Gasteiger partial charge on any atom is 0.472 e. The van der Waals surface area contributed by atoms with Gasteiger partial charge in [0.1, 0.15) is 19.3 Å². The van der Waals surface area contributed by atoms with Crippen molar-refractivity contribution >= 4 is 39.5 Å². The molecular weight excluding hydrogens is 1340 g/mol. The van der Waals surface area contributed by atoms with Gasteiger partial charge in [0.15, 0.2) is 12.2 Å². The molecule has 0 spiro atoms. The van der Waals surface area contributed by atoms with Crippen LogP contribution in [-0.2, 0) is 65.4 Å². The predicted molar refractivity (Wildman–Crippen MR) is 423 cm³/mol. The average molecular weight is 1510 g/mol. The molecule has 0 fully saturated rings. The smallest absolute Gasteiger partial charge is 0.462 e. The number of hydrogen-bond acceptors (Lipinski definition) is 15. The number of hydrogen-bond donors (Lipinski definition) is 3. The van der Waals surface area contributed by atoms with Crippen molar-refractivity contribution in [1.82, 2.24) is 0 Å². The van der Waals surface area contributed by atoms with E-state index < -0.39 is 97.5 Å². The highest BCUT2D eigenvalue weighted by atomic mass is 31.2. The molecule has 0 bridgehead atoms. The van der Waals surface area contributed by atoms with E-state index in [-0.39, 0.29) is 25.7 Å². The van der Waals surface area contributed by atoms with E-state index in [1.54, 1.807) is 0 Å². The minimum atomic E-state index is -4.96. The van der Waals surface area contributed by atoms with Crippen molar-refractivity contribution in [2.45, 2.75) is 464 Å². The Kier molecular flexibility index (Phi) is 74.1. The molecule has 0 aromatic rings. The minimum Gasteiger partial charge on any atom is -0.462 e. The maximum absolute atomic E-state index is 13.1. The number of phosphoric ester groups is 2. The molecule has 0 amide bonds. The summed E-state index contributed by atoms with van der Waals surface area (Å²) < 4.78 is 68.9. The largest absolute Gasteiger partial charge is 0.472 e. The zero-order valence-corrected chi connectivity index (χ0v) is 69.4. The number of carbonyl (C=O) groups is 4. The molecule has 0 radical (unpaired) electrons. The third kappa shape index (κ3) is 78.0. The Morgan fingerprint density at radius 2 is 0.447 bits per heavy atom. The van der Waals surface area contributed by atoms with Gasteiger partial charge in [-0.1, -0.05) is 395 Å². The first-order valence-electron chi connectivity index (χ1n) is 43.5. The second-order valence-corrected chi connectivity index (χ2v) is 34.1.